The molecule has 0 aliphatic rings. The number of benzene rings is 3. The Hall–Kier alpha value is -3.57. The van der Waals surface area contributed by atoms with Gasteiger partial charge in [-0.3, -0.25) is 9.10 Å². The molecule has 1 amide bonds. The van der Waals surface area contributed by atoms with E-state index in [9.17, 15) is 13.2 Å². The molecule has 0 aromatic heterocycles. The lowest BCUT2D eigenvalue weighted by atomic mass is 10.1. The van der Waals surface area contributed by atoms with Crippen LogP contribution >= 0.6 is 15.9 Å². The summed E-state index contributed by atoms with van der Waals surface area (Å²) in [5.41, 5.74) is 3.95. The van der Waals surface area contributed by atoms with Gasteiger partial charge in [-0.2, -0.15) is 5.10 Å². The van der Waals surface area contributed by atoms with E-state index in [1.165, 1.54) is 26.4 Å². The number of rotatable bonds is 11. The topological polar surface area (TPSA) is 107 Å². The van der Waals surface area contributed by atoms with Gasteiger partial charge in [0.25, 0.3) is 15.9 Å². The molecule has 0 radical (unpaired) electrons. The highest BCUT2D eigenvalue weighted by molar-refractivity contribution is 9.10. The van der Waals surface area contributed by atoms with E-state index in [4.69, 9.17) is 14.2 Å². The summed E-state index contributed by atoms with van der Waals surface area (Å²) in [6.07, 6.45) is 0. The van der Waals surface area contributed by atoms with Crippen LogP contribution < -0.4 is 23.9 Å². The average molecular weight is 590 g/mol. The largest absolute Gasteiger partial charge is 0.494 e. The number of hydrogen-bond donors (Lipinski definition) is 1. The van der Waals surface area contributed by atoms with Gasteiger partial charge in [0.05, 0.1) is 37.1 Å². The van der Waals surface area contributed by atoms with Crippen molar-refractivity contribution in [1.82, 2.24) is 5.43 Å². The lowest BCUT2D eigenvalue weighted by molar-refractivity contribution is -0.119. The zero-order valence-corrected chi connectivity index (χ0v) is 23.3. The summed E-state index contributed by atoms with van der Waals surface area (Å²) in [6.45, 7) is 3.55. The Morgan fingerprint density at radius 3 is 2.22 bits per heavy atom. The van der Waals surface area contributed by atoms with Crippen LogP contribution in [0.25, 0.3) is 0 Å². The predicted octanol–water partition coefficient (Wildman–Crippen LogP) is 4.60. The molecule has 11 heteroatoms. The molecule has 0 atom stereocenters. The van der Waals surface area contributed by atoms with E-state index in [-0.39, 0.29) is 4.90 Å². The van der Waals surface area contributed by atoms with Crippen LogP contribution in [0.1, 0.15) is 19.4 Å². The van der Waals surface area contributed by atoms with E-state index < -0.39 is 22.5 Å². The summed E-state index contributed by atoms with van der Waals surface area (Å²) in [6, 6.07) is 17.9. The second kappa shape index (κ2) is 12.6. The van der Waals surface area contributed by atoms with Crippen molar-refractivity contribution in [2.45, 2.75) is 18.7 Å². The van der Waals surface area contributed by atoms with Gasteiger partial charge in [-0.15, -0.1) is 0 Å². The Kier molecular flexibility index (Phi) is 9.54. The number of carbonyl (C=O) groups excluding carboxylic acids is 1. The lowest BCUT2D eigenvalue weighted by Crippen LogP contribution is -2.39. The molecule has 0 aliphatic carbocycles. The molecule has 0 saturated heterocycles. The van der Waals surface area contributed by atoms with E-state index >= 15 is 0 Å². The van der Waals surface area contributed by atoms with Crippen molar-refractivity contribution >= 4 is 43.3 Å². The molecule has 0 heterocycles. The molecule has 196 valence electrons. The predicted molar refractivity (Wildman–Crippen MR) is 146 cm³/mol. The van der Waals surface area contributed by atoms with Crippen LogP contribution in [-0.2, 0) is 14.8 Å². The van der Waals surface area contributed by atoms with Crippen molar-refractivity contribution < 1.29 is 27.4 Å². The summed E-state index contributed by atoms with van der Waals surface area (Å²) in [7, 11) is -1.00. The van der Waals surface area contributed by atoms with Crippen molar-refractivity contribution in [1.29, 1.82) is 0 Å². The fraction of sp³-hybridized carbons (Fsp3) is 0.231. The number of methoxy groups -OCH3 is 2. The van der Waals surface area contributed by atoms with Crippen LogP contribution in [0.3, 0.4) is 0 Å². The molecule has 3 aromatic carbocycles. The standard InChI is InChI=1S/C26H28BrN3O6S/c1-5-36-22-11-9-21(10-12-22)30(37(32,33)23-13-7-20(27)8-14-23)17-26(31)29-28-18(2)19-6-15-24(34-3)25(16-19)35-4/h6-16H,5,17H2,1-4H3,(H,29,31)/b28-18-. The quantitative estimate of drug-likeness (QED) is 0.259. The number of sulfonamides is 1. The van der Waals surface area contributed by atoms with Gasteiger partial charge in [0.15, 0.2) is 11.5 Å². The molecule has 0 aliphatic heterocycles. The van der Waals surface area contributed by atoms with Gasteiger partial charge in [0, 0.05) is 10.0 Å². The molecular weight excluding hydrogens is 562 g/mol. The minimum absolute atomic E-state index is 0.0439. The van der Waals surface area contributed by atoms with Crippen LogP contribution in [0, 0.1) is 0 Å². The Morgan fingerprint density at radius 1 is 0.973 bits per heavy atom. The zero-order valence-electron chi connectivity index (χ0n) is 20.9. The SMILES string of the molecule is CCOc1ccc(N(CC(=O)N/N=C(/C)c2ccc(OC)c(OC)c2)S(=O)(=O)c2ccc(Br)cc2)cc1. The summed E-state index contributed by atoms with van der Waals surface area (Å²) in [4.78, 5) is 12.9. The molecular formula is C26H28BrN3O6S. The maximum Gasteiger partial charge on any atom is 0.264 e. The number of amides is 1. The van der Waals surface area contributed by atoms with Gasteiger partial charge in [0.2, 0.25) is 0 Å². The number of ether oxygens (including phenoxy) is 3. The summed E-state index contributed by atoms with van der Waals surface area (Å²) >= 11 is 3.31. The second-order valence-electron chi connectivity index (χ2n) is 7.69. The molecule has 3 rings (SSSR count). The van der Waals surface area contributed by atoms with Crippen molar-refractivity contribution in [3.05, 3.63) is 76.8 Å². The molecule has 37 heavy (non-hydrogen) atoms. The lowest BCUT2D eigenvalue weighted by Gasteiger charge is -2.24. The third kappa shape index (κ3) is 7.01. The molecule has 0 saturated carbocycles. The maximum atomic E-state index is 13.5. The van der Waals surface area contributed by atoms with E-state index in [1.54, 1.807) is 61.5 Å². The molecule has 0 unspecified atom stereocenters. The summed E-state index contributed by atoms with van der Waals surface area (Å²) in [5.74, 6) is 1.05. The van der Waals surface area contributed by atoms with Gasteiger partial charge in [-0.05, 0) is 80.6 Å². The number of nitrogens with one attached hydrogen (secondary N) is 1. The summed E-state index contributed by atoms with van der Waals surface area (Å²) < 4.78 is 44.8. The van der Waals surface area contributed by atoms with E-state index in [0.717, 1.165) is 8.78 Å². The number of halogens is 1. The van der Waals surface area contributed by atoms with Crippen molar-refractivity contribution in [2.75, 3.05) is 31.7 Å². The van der Waals surface area contributed by atoms with E-state index in [0.29, 0.717) is 40.8 Å². The van der Waals surface area contributed by atoms with Crippen molar-refractivity contribution in [3.8, 4) is 17.2 Å². The molecule has 9 nitrogen and oxygen atoms in total. The minimum atomic E-state index is -4.07. The van der Waals surface area contributed by atoms with Gasteiger partial charge < -0.3 is 14.2 Å². The zero-order chi connectivity index (χ0) is 27.0. The summed E-state index contributed by atoms with van der Waals surface area (Å²) in [5, 5.41) is 4.15. The van der Waals surface area contributed by atoms with Crippen LogP contribution in [0.15, 0.2) is 81.2 Å². The first-order chi connectivity index (χ1) is 17.7. The number of hydrazone groups is 1. The van der Waals surface area contributed by atoms with Gasteiger partial charge >= 0.3 is 0 Å². The number of carbonyl (C=O) groups is 1. The molecule has 3 aromatic rings. The van der Waals surface area contributed by atoms with Gasteiger partial charge in [-0.1, -0.05) is 15.9 Å². The first-order valence-electron chi connectivity index (χ1n) is 11.3. The number of anilines is 1. The van der Waals surface area contributed by atoms with Crippen molar-refractivity contribution in [3.63, 3.8) is 0 Å². The number of hydrogen-bond acceptors (Lipinski definition) is 7. The fourth-order valence-corrected chi connectivity index (χ4v) is 5.05. The van der Waals surface area contributed by atoms with Crippen LogP contribution in [0.2, 0.25) is 0 Å². The molecule has 0 spiro atoms. The maximum absolute atomic E-state index is 13.5. The highest BCUT2D eigenvalue weighted by atomic mass is 79.9. The van der Waals surface area contributed by atoms with Crippen molar-refractivity contribution in [2.24, 2.45) is 5.10 Å². The monoisotopic (exact) mass is 589 g/mol. The van der Waals surface area contributed by atoms with Gasteiger partial charge in [0.1, 0.15) is 12.3 Å². The average Bonchev–Trinajstić information content (AvgIpc) is 2.90. The Labute approximate surface area is 225 Å². The second-order valence-corrected chi connectivity index (χ2v) is 10.5. The normalized spacial score (nSPS) is 11.5. The molecule has 1 N–H and O–H groups in total. The Morgan fingerprint density at radius 2 is 1.62 bits per heavy atom. The minimum Gasteiger partial charge on any atom is -0.494 e. The van der Waals surface area contributed by atoms with E-state index in [2.05, 4.69) is 26.5 Å². The highest BCUT2D eigenvalue weighted by Gasteiger charge is 2.27. The third-order valence-corrected chi connectivity index (χ3v) is 7.59. The Bertz CT molecular complexity index is 1360. The van der Waals surface area contributed by atoms with Gasteiger partial charge in [-0.25, -0.2) is 13.8 Å². The van der Waals surface area contributed by atoms with E-state index in [1.807, 2.05) is 6.92 Å². The smallest absolute Gasteiger partial charge is 0.264 e. The highest BCUT2D eigenvalue weighted by Crippen LogP contribution is 2.28. The fourth-order valence-electron chi connectivity index (χ4n) is 3.36. The first-order valence-corrected chi connectivity index (χ1v) is 13.5. The molecule has 0 bridgehead atoms. The third-order valence-electron chi connectivity index (χ3n) is 5.27. The van der Waals surface area contributed by atoms with Crippen LogP contribution in [-0.4, -0.2) is 47.4 Å². The van der Waals surface area contributed by atoms with Crippen LogP contribution in [0.5, 0.6) is 17.2 Å². The Balaban J connectivity index is 1.86. The first kappa shape index (κ1) is 28.0. The number of nitrogens with zero attached hydrogens (tertiary/aromatic N) is 2. The van der Waals surface area contributed by atoms with Crippen LogP contribution in [0.4, 0.5) is 5.69 Å². The molecule has 0 fully saturated rings.